The van der Waals surface area contributed by atoms with Crippen molar-refractivity contribution < 1.29 is 8.78 Å². The Morgan fingerprint density at radius 3 is 2.48 bits per heavy atom. The van der Waals surface area contributed by atoms with Gasteiger partial charge >= 0.3 is 0 Å². The SMILES string of the molecule is Nc1ccc(-c2csc(-c3ccc(F)c(F)c3Br)n2)cc1. The molecule has 0 spiro atoms. The maximum absolute atomic E-state index is 13.6. The molecule has 3 rings (SSSR count). The minimum absolute atomic E-state index is 0.0840. The Bertz CT molecular complexity index is 800. The second-order valence-corrected chi connectivity index (χ2v) is 6.03. The number of anilines is 1. The molecule has 2 nitrogen and oxygen atoms in total. The van der Waals surface area contributed by atoms with Crippen LogP contribution in [0.25, 0.3) is 21.8 Å². The summed E-state index contributed by atoms with van der Waals surface area (Å²) in [5.41, 5.74) is 8.55. The monoisotopic (exact) mass is 366 g/mol. The van der Waals surface area contributed by atoms with Gasteiger partial charge in [-0.3, -0.25) is 0 Å². The molecule has 0 radical (unpaired) electrons. The summed E-state index contributed by atoms with van der Waals surface area (Å²) in [6, 6.07) is 9.93. The molecule has 2 aromatic carbocycles. The van der Waals surface area contributed by atoms with E-state index in [0.29, 0.717) is 16.3 Å². The van der Waals surface area contributed by atoms with Gasteiger partial charge in [-0.1, -0.05) is 12.1 Å². The largest absolute Gasteiger partial charge is 0.399 e. The van der Waals surface area contributed by atoms with Gasteiger partial charge in [-0.15, -0.1) is 11.3 Å². The fourth-order valence-electron chi connectivity index (χ4n) is 1.87. The molecular weight excluding hydrogens is 358 g/mol. The Morgan fingerprint density at radius 1 is 1.05 bits per heavy atom. The Balaban J connectivity index is 2.03. The molecule has 0 aliphatic heterocycles. The highest BCUT2D eigenvalue weighted by molar-refractivity contribution is 9.10. The highest BCUT2D eigenvalue weighted by Gasteiger charge is 2.15. The zero-order valence-corrected chi connectivity index (χ0v) is 13.0. The van der Waals surface area contributed by atoms with E-state index in [1.165, 1.54) is 17.4 Å². The first-order valence-corrected chi connectivity index (χ1v) is 7.69. The van der Waals surface area contributed by atoms with Crippen molar-refractivity contribution >= 4 is 33.0 Å². The third-order valence-electron chi connectivity index (χ3n) is 2.98. The molecule has 0 atom stereocenters. The lowest BCUT2D eigenvalue weighted by molar-refractivity contribution is 0.505. The summed E-state index contributed by atoms with van der Waals surface area (Å²) in [5, 5.41) is 2.49. The molecule has 2 N–H and O–H groups in total. The minimum Gasteiger partial charge on any atom is -0.399 e. The number of nitrogen functional groups attached to an aromatic ring is 1. The molecule has 106 valence electrons. The molecule has 0 fully saturated rings. The number of benzene rings is 2. The number of hydrogen-bond donors (Lipinski definition) is 1. The van der Waals surface area contributed by atoms with Crippen molar-refractivity contribution in [2.75, 3.05) is 5.73 Å². The number of halogens is 3. The molecule has 1 aromatic heterocycles. The van der Waals surface area contributed by atoms with Crippen LogP contribution in [0.15, 0.2) is 46.3 Å². The lowest BCUT2D eigenvalue weighted by Crippen LogP contribution is -1.89. The maximum Gasteiger partial charge on any atom is 0.173 e. The van der Waals surface area contributed by atoms with Gasteiger partial charge in [0.25, 0.3) is 0 Å². The summed E-state index contributed by atoms with van der Waals surface area (Å²) in [6.07, 6.45) is 0. The van der Waals surface area contributed by atoms with Gasteiger partial charge in [0.2, 0.25) is 0 Å². The van der Waals surface area contributed by atoms with Gasteiger partial charge in [0.05, 0.1) is 10.2 Å². The molecular formula is C15H9BrF2N2S. The first kappa shape index (κ1) is 14.2. The normalized spacial score (nSPS) is 10.8. The lowest BCUT2D eigenvalue weighted by atomic mass is 10.1. The molecule has 6 heteroatoms. The molecule has 0 bridgehead atoms. The van der Waals surface area contributed by atoms with Crippen LogP contribution in [0.1, 0.15) is 0 Å². The molecule has 0 aliphatic carbocycles. The molecule has 0 aliphatic rings. The number of thiazole rings is 1. The number of aromatic nitrogens is 1. The van der Waals surface area contributed by atoms with Gasteiger partial charge in [-0.05, 0) is 40.2 Å². The zero-order chi connectivity index (χ0) is 15.0. The predicted molar refractivity (Wildman–Crippen MR) is 85.0 cm³/mol. The van der Waals surface area contributed by atoms with Gasteiger partial charge in [0, 0.05) is 22.2 Å². The smallest absolute Gasteiger partial charge is 0.173 e. The van der Waals surface area contributed by atoms with E-state index in [9.17, 15) is 8.78 Å². The van der Waals surface area contributed by atoms with E-state index in [1.807, 2.05) is 17.5 Å². The number of rotatable bonds is 2. The van der Waals surface area contributed by atoms with E-state index in [2.05, 4.69) is 20.9 Å². The molecule has 0 saturated carbocycles. The summed E-state index contributed by atoms with van der Waals surface area (Å²) in [6.45, 7) is 0. The third-order valence-corrected chi connectivity index (χ3v) is 4.63. The van der Waals surface area contributed by atoms with E-state index in [-0.39, 0.29) is 4.47 Å². The number of hydrogen-bond acceptors (Lipinski definition) is 3. The summed E-state index contributed by atoms with van der Waals surface area (Å²) in [5.74, 6) is -1.79. The highest BCUT2D eigenvalue weighted by atomic mass is 79.9. The standard InChI is InChI=1S/C15H9BrF2N2S/c16-13-10(5-6-11(17)14(13)18)15-20-12(7-21-15)8-1-3-9(19)4-2-8/h1-7H,19H2. The molecule has 1 heterocycles. The van der Waals surface area contributed by atoms with Crippen LogP contribution in [0.4, 0.5) is 14.5 Å². The number of nitrogens with two attached hydrogens (primary N) is 1. The Labute approximate surface area is 132 Å². The zero-order valence-electron chi connectivity index (χ0n) is 10.6. The maximum atomic E-state index is 13.6. The van der Waals surface area contributed by atoms with Crippen molar-refractivity contribution in [2.24, 2.45) is 0 Å². The Hall–Kier alpha value is -1.79. The summed E-state index contributed by atoms with van der Waals surface area (Å²) >= 11 is 4.45. The van der Waals surface area contributed by atoms with Crippen molar-refractivity contribution in [3.8, 4) is 21.8 Å². The van der Waals surface area contributed by atoms with Gasteiger partial charge < -0.3 is 5.73 Å². The van der Waals surface area contributed by atoms with Gasteiger partial charge in [0.15, 0.2) is 11.6 Å². The van der Waals surface area contributed by atoms with Crippen LogP contribution in [0.3, 0.4) is 0 Å². The van der Waals surface area contributed by atoms with Gasteiger partial charge in [-0.25, -0.2) is 13.8 Å². The van der Waals surface area contributed by atoms with Crippen molar-refractivity contribution in [1.29, 1.82) is 0 Å². The summed E-state index contributed by atoms with van der Waals surface area (Å²) < 4.78 is 26.8. The second kappa shape index (κ2) is 5.54. The van der Waals surface area contributed by atoms with Crippen molar-refractivity contribution in [1.82, 2.24) is 4.98 Å². The summed E-state index contributed by atoms with van der Waals surface area (Å²) in [4.78, 5) is 4.47. The van der Waals surface area contributed by atoms with Gasteiger partial charge in [-0.2, -0.15) is 0 Å². The topological polar surface area (TPSA) is 38.9 Å². The molecule has 21 heavy (non-hydrogen) atoms. The van der Waals surface area contributed by atoms with Crippen LogP contribution in [-0.4, -0.2) is 4.98 Å². The van der Waals surface area contributed by atoms with Crippen LogP contribution in [0.5, 0.6) is 0 Å². The van der Waals surface area contributed by atoms with Gasteiger partial charge in [0.1, 0.15) is 5.01 Å². The first-order valence-electron chi connectivity index (χ1n) is 6.01. The predicted octanol–water partition coefficient (Wildman–Crippen LogP) is 5.10. The van der Waals surface area contributed by atoms with Crippen molar-refractivity contribution in [2.45, 2.75) is 0 Å². The van der Waals surface area contributed by atoms with Crippen LogP contribution < -0.4 is 5.73 Å². The highest BCUT2D eigenvalue weighted by Crippen LogP contribution is 2.35. The van der Waals surface area contributed by atoms with E-state index >= 15 is 0 Å². The van der Waals surface area contributed by atoms with Crippen molar-refractivity contribution in [3.05, 3.63) is 57.9 Å². The van der Waals surface area contributed by atoms with E-state index in [1.54, 1.807) is 12.1 Å². The molecule has 3 aromatic rings. The van der Waals surface area contributed by atoms with E-state index in [4.69, 9.17) is 5.73 Å². The Morgan fingerprint density at radius 2 is 1.76 bits per heavy atom. The molecule has 0 saturated heterocycles. The van der Waals surface area contributed by atoms with Crippen molar-refractivity contribution in [3.63, 3.8) is 0 Å². The first-order chi connectivity index (χ1) is 10.1. The fourth-order valence-corrected chi connectivity index (χ4v) is 3.38. The average Bonchev–Trinajstić information content (AvgIpc) is 2.95. The third kappa shape index (κ3) is 2.69. The molecule has 0 amide bonds. The molecule has 0 unspecified atom stereocenters. The number of nitrogens with zero attached hydrogens (tertiary/aromatic N) is 1. The van der Waals surface area contributed by atoms with Crippen LogP contribution in [0, 0.1) is 11.6 Å². The lowest BCUT2D eigenvalue weighted by Gasteiger charge is -2.02. The van der Waals surface area contributed by atoms with Crippen LogP contribution in [0.2, 0.25) is 0 Å². The van der Waals surface area contributed by atoms with E-state index in [0.717, 1.165) is 17.3 Å². The van der Waals surface area contributed by atoms with Crippen LogP contribution in [-0.2, 0) is 0 Å². The quantitative estimate of drug-likeness (QED) is 0.506. The second-order valence-electron chi connectivity index (χ2n) is 4.38. The fraction of sp³-hybridized carbons (Fsp3) is 0. The Kier molecular flexibility index (Phi) is 3.73. The summed E-state index contributed by atoms with van der Waals surface area (Å²) in [7, 11) is 0. The van der Waals surface area contributed by atoms with Crippen LogP contribution >= 0.6 is 27.3 Å². The average molecular weight is 367 g/mol. The minimum atomic E-state index is -0.906. The van der Waals surface area contributed by atoms with E-state index < -0.39 is 11.6 Å².